The van der Waals surface area contributed by atoms with Crippen LogP contribution in [-0.4, -0.2) is 10.7 Å². The summed E-state index contributed by atoms with van der Waals surface area (Å²) in [5, 5.41) is 8.24. The minimum Gasteiger partial charge on any atom is -0.264 e. The number of pyridine rings is 1. The van der Waals surface area contributed by atoms with E-state index in [-0.39, 0.29) is 0 Å². The van der Waals surface area contributed by atoms with Crippen molar-refractivity contribution in [2.75, 3.05) is 0 Å². The Morgan fingerprint density at radius 1 is 1.73 bits per heavy atom. The van der Waals surface area contributed by atoms with Gasteiger partial charge in [0.25, 0.3) is 0 Å². The normalized spacial score (nSPS) is 10.7. The molecule has 0 N–H and O–H groups in total. The molecule has 1 aromatic heterocycles. The van der Waals surface area contributed by atoms with Crippen molar-refractivity contribution < 1.29 is 0 Å². The van der Waals surface area contributed by atoms with Crippen molar-refractivity contribution in [3.63, 3.8) is 0 Å². The maximum atomic E-state index is 8.24. The first-order valence-electron chi connectivity index (χ1n) is 3.18. The van der Waals surface area contributed by atoms with Crippen molar-refractivity contribution >= 4 is 5.71 Å². The third kappa shape index (κ3) is 1.87. The second-order valence-corrected chi connectivity index (χ2v) is 2.04. The van der Waals surface area contributed by atoms with E-state index in [1.54, 1.807) is 25.5 Å². The number of hydrogen-bond acceptors (Lipinski definition) is 3. The van der Waals surface area contributed by atoms with Crippen LogP contribution in [0.5, 0.6) is 0 Å². The van der Waals surface area contributed by atoms with Crippen LogP contribution in [0.4, 0.5) is 0 Å². The van der Waals surface area contributed by atoms with Gasteiger partial charge in [0.05, 0.1) is 5.71 Å². The highest BCUT2D eigenvalue weighted by Gasteiger charge is 1.93. The lowest BCUT2D eigenvalue weighted by atomic mass is 10.2. The van der Waals surface area contributed by atoms with Crippen LogP contribution in [0.15, 0.2) is 29.5 Å². The molecule has 0 bridgehead atoms. The van der Waals surface area contributed by atoms with E-state index in [0.29, 0.717) is 5.71 Å². The molecule has 0 aliphatic heterocycles. The summed E-state index contributed by atoms with van der Waals surface area (Å²) in [4.78, 5) is 7.47. The minimum absolute atomic E-state index is 0.695. The Morgan fingerprint density at radius 2 is 2.55 bits per heavy atom. The molecular formula is C8H7N3. The Labute approximate surface area is 65.0 Å². The summed E-state index contributed by atoms with van der Waals surface area (Å²) in [6.07, 6.45) is 5.09. The van der Waals surface area contributed by atoms with E-state index in [1.807, 2.05) is 12.1 Å². The largest absolute Gasteiger partial charge is 0.264 e. The van der Waals surface area contributed by atoms with E-state index in [0.717, 1.165) is 5.56 Å². The highest BCUT2D eigenvalue weighted by molar-refractivity contribution is 5.98. The minimum atomic E-state index is 0.695. The fraction of sp³-hybridized carbons (Fsp3) is 0.125. The van der Waals surface area contributed by atoms with Gasteiger partial charge in [-0.05, 0) is 13.0 Å². The number of aromatic nitrogens is 1. The molecule has 1 rings (SSSR count). The van der Waals surface area contributed by atoms with Gasteiger partial charge < -0.3 is 0 Å². The van der Waals surface area contributed by atoms with Gasteiger partial charge >= 0.3 is 0 Å². The van der Waals surface area contributed by atoms with Gasteiger partial charge in [0.15, 0.2) is 0 Å². The lowest BCUT2D eigenvalue weighted by molar-refractivity contribution is 1.31. The number of aliphatic imine (C=N–C) groups is 1. The lowest BCUT2D eigenvalue weighted by Crippen LogP contribution is -1.93. The van der Waals surface area contributed by atoms with Gasteiger partial charge in [-0.3, -0.25) is 4.98 Å². The second kappa shape index (κ2) is 3.47. The summed E-state index contributed by atoms with van der Waals surface area (Å²) >= 11 is 0. The van der Waals surface area contributed by atoms with E-state index >= 15 is 0 Å². The Balaban J connectivity index is 2.96. The maximum absolute atomic E-state index is 8.24. The number of rotatable bonds is 1. The molecular weight excluding hydrogens is 138 g/mol. The van der Waals surface area contributed by atoms with Crippen molar-refractivity contribution in [1.82, 2.24) is 4.98 Å². The molecule has 0 unspecified atom stereocenters. The van der Waals surface area contributed by atoms with Crippen molar-refractivity contribution in [2.45, 2.75) is 6.92 Å². The summed E-state index contributed by atoms with van der Waals surface area (Å²) in [7, 11) is 0. The number of nitrogens with zero attached hydrogens (tertiary/aromatic N) is 3. The molecule has 0 aliphatic carbocycles. The quantitative estimate of drug-likeness (QED) is 0.442. The van der Waals surface area contributed by atoms with E-state index in [9.17, 15) is 0 Å². The standard InChI is InChI=1S/C8H7N3/c1-7(11-6-9)8-3-2-4-10-5-8/h2-5H,1H3. The molecule has 0 saturated carbocycles. The third-order valence-corrected chi connectivity index (χ3v) is 1.30. The molecule has 0 amide bonds. The Morgan fingerprint density at radius 3 is 3.09 bits per heavy atom. The van der Waals surface area contributed by atoms with Crippen molar-refractivity contribution in [3.05, 3.63) is 30.1 Å². The predicted molar refractivity (Wildman–Crippen MR) is 42.1 cm³/mol. The van der Waals surface area contributed by atoms with E-state index < -0.39 is 0 Å². The summed E-state index contributed by atoms with van der Waals surface area (Å²) in [6, 6.07) is 3.68. The Hall–Kier alpha value is -1.69. The van der Waals surface area contributed by atoms with Crippen molar-refractivity contribution in [1.29, 1.82) is 5.26 Å². The average Bonchev–Trinajstić information content (AvgIpc) is 2.07. The Kier molecular flexibility index (Phi) is 2.34. The van der Waals surface area contributed by atoms with E-state index in [2.05, 4.69) is 9.98 Å². The van der Waals surface area contributed by atoms with Gasteiger partial charge in [0, 0.05) is 18.0 Å². The predicted octanol–water partition coefficient (Wildman–Crippen LogP) is 1.37. The van der Waals surface area contributed by atoms with Crippen LogP contribution in [0.1, 0.15) is 12.5 Å². The van der Waals surface area contributed by atoms with Crippen LogP contribution in [0.3, 0.4) is 0 Å². The summed E-state index contributed by atoms with van der Waals surface area (Å²) in [5.41, 5.74) is 1.58. The molecule has 0 aromatic carbocycles. The zero-order chi connectivity index (χ0) is 8.10. The monoisotopic (exact) mass is 145 g/mol. The molecule has 1 aromatic rings. The van der Waals surface area contributed by atoms with Gasteiger partial charge in [-0.1, -0.05) is 6.07 Å². The first kappa shape index (κ1) is 7.42. The van der Waals surface area contributed by atoms with Gasteiger partial charge in [-0.25, -0.2) is 0 Å². The molecule has 0 spiro atoms. The van der Waals surface area contributed by atoms with Gasteiger partial charge in [-0.15, -0.1) is 0 Å². The van der Waals surface area contributed by atoms with E-state index in [4.69, 9.17) is 5.26 Å². The highest BCUT2D eigenvalue weighted by Crippen LogP contribution is 1.97. The summed E-state index contributed by atoms with van der Waals surface area (Å²) in [6.45, 7) is 1.78. The second-order valence-electron chi connectivity index (χ2n) is 2.04. The first-order chi connectivity index (χ1) is 5.34. The molecule has 1 heterocycles. The van der Waals surface area contributed by atoms with Gasteiger partial charge in [-0.2, -0.15) is 10.3 Å². The number of hydrogen-bond donors (Lipinski definition) is 0. The fourth-order valence-corrected chi connectivity index (χ4v) is 0.716. The SMILES string of the molecule is CC(=NC#N)c1cccnc1. The average molecular weight is 145 g/mol. The molecule has 0 radical (unpaired) electrons. The third-order valence-electron chi connectivity index (χ3n) is 1.30. The fourth-order valence-electron chi connectivity index (χ4n) is 0.716. The van der Waals surface area contributed by atoms with Crippen molar-refractivity contribution in [2.24, 2.45) is 4.99 Å². The summed E-state index contributed by atoms with van der Waals surface area (Å²) < 4.78 is 0. The van der Waals surface area contributed by atoms with Crippen LogP contribution < -0.4 is 0 Å². The molecule has 54 valence electrons. The Bertz CT molecular complexity index is 295. The topological polar surface area (TPSA) is 49.0 Å². The van der Waals surface area contributed by atoms with Crippen LogP contribution in [-0.2, 0) is 0 Å². The van der Waals surface area contributed by atoms with Crippen molar-refractivity contribution in [3.8, 4) is 6.19 Å². The summed E-state index contributed by atoms with van der Waals surface area (Å²) in [5.74, 6) is 0. The van der Waals surface area contributed by atoms with Gasteiger partial charge in [0.1, 0.15) is 0 Å². The van der Waals surface area contributed by atoms with Crippen LogP contribution in [0.25, 0.3) is 0 Å². The van der Waals surface area contributed by atoms with E-state index in [1.165, 1.54) is 0 Å². The molecule has 3 nitrogen and oxygen atoms in total. The molecule has 0 atom stereocenters. The zero-order valence-corrected chi connectivity index (χ0v) is 6.15. The molecule has 3 heteroatoms. The molecule has 0 aliphatic rings. The van der Waals surface area contributed by atoms with Crippen LogP contribution in [0, 0.1) is 11.5 Å². The molecule has 0 fully saturated rings. The first-order valence-corrected chi connectivity index (χ1v) is 3.18. The zero-order valence-electron chi connectivity index (χ0n) is 6.15. The van der Waals surface area contributed by atoms with Crippen LogP contribution in [0.2, 0.25) is 0 Å². The number of nitriles is 1. The molecule has 11 heavy (non-hydrogen) atoms. The maximum Gasteiger partial charge on any atom is 0.205 e. The molecule has 0 saturated heterocycles. The van der Waals surface area contributed by atoms with Gasteiger partial charge in [0.2, 0.25) is 6.19 Å². The highest BCUT2D eigenvalue weighted by atomic mass is 14.7. The smallest absolute Gasteiger partial charge is 0.205 e. The lowest BCUT2D eigenvalue weighted by Gasteiger charge is -1.93. The van der Waals surface area contributed by atoms with Crippen LogP contribution >= 0.6 is 0 Å².